The van der Waals surface area contributed by atoms with E-state index in [1.54, 1.807) is 17.5 Å². The molecule has 0 atom stereocenters. The van der Waals surface area contributed by atoms with Gasteiger partial charge in [-0.2, -0.15) is 0 Å². The van der Waals surface area contributed by atoms with Crippen LogP contribution in [-0.2, 0) is 16.1 Å². The van der Waals surface area contributed by atoms with Crippen molar-refractivity contribution in [2.75, 3.05) is 57.4 Å². The zero-order valence-corrected chi connectivity index (χ0v) is 23.1. The molecule has 38 heavy (non-hydrogen) atoms. The first-order chi connectivity index (χ1) is 18.3. The normalized spacial score (nSPS) is 18.0. The van der Waals surface area contributed by atoms with Crippen LogP contribution in [0.15, 0.2) is 24.5 Å². The lowest BCUT2D eigenvalue weighted by atomic mass is 10.0. The number of fused-ring (bicyclic) bond motifs is 2. The van der Waals surface area contributed by atoms with E-state index >= 15 is 0 Å². The number of H-pyrrole nitrogens is 1. The maximum atomic E-state index is 11.9. The first-order valence-electron chi connectivity index (χ1n) is 12.8. The van der Waals surface area contributed by atoms with Gasteiger partial charge in [-0.15, -0.1) is 11.3 Å². The fourth-order valence-corrected chi connectivity index (χ4v) is 6.55. The molecule has 2 fully saturated rings. The van der Waals surface area contributed by atoms with Gasteiger partial charge in [0.2, 0.25) is 5.91 Å². The Balaban J connectivity index is 1.32. The van der Waals surface area contributed by atoms with Gasteiger partial charge in [0.1, 0.15) is 0 Å². The summed E-state index contributed by atoms with van der Waals surface area (Å²) in [5.41, 5.74) is 7.57. The number of morpholine rings is 1. The van der Waals surface area contributed by atoms with Gasteiger partial charge in [-0.25, -0.2) is 15.0 Å². The summed E-state index contributed by atoms with van der Waals surface area (Å²) < 4.78 is 6.70. The van der Waals surface area contributed by atoms with Crippen molar-refractivity contribution in [2.24, 2.45) is 5.73 Å². The third-order valence-electron chi connectivity index (χ3n) is 7.65. The molecule has 0 aliphatic carbocycles. The summed E-state index contributed by atoms with van der Waals surface area (Å²) in [5.74, 6) is 1.30. The molecule has 200 valence electrons. The van der Waals surface area contributed by atoms with Crippen molar-refractivity contribution < 1.29 is 9.53 Å². The number of rotatable bonds is 6. The quantitative estimate of drug-likeness (QED) is 0.349. The minimum absolute atomic E-state index is 0.284. The minimum Gasteiger partial charge on any atom is -0.378 e. The Morgan fingerprint density at radius 2 is 1.95 bits per heavy atom. The highest BCUT2D eigenvalue weighted by Crippen LogP contribution is 2.37. The molecular weight excluding hydrogens is 524 g/mol. The van der Waals surface area contributed by atoms with Gasteiger partial charge in [0.25, 0.3) is 0 Å². The van der Waals surface area contributed by atoms with E-state index in [0.29, 0.717) is 24.2 Å². The lowest BCUT2D eigenvalue weighted by molar-refractivity contribution is -0.129. The number of ether oxygens (including phenoxy) is 1. The molecular formula is C26H31ClN8O2S. The number of piperazine rings is 1. The number of nitrogens with zero attached hydrogens (tertiary/aromatic N) is 6. The van der Waals surface area contributed by atoms with Crippen LogP contribution in [0.4, 0.5) is 5.82 Å². The van der Waals surface area contributed by atoms with Gasteiger partial charge < -0.3 is 20.4 Å². The minimum atomic E-state index is -0.635. The summed E-state index contributed by atoms with van der Waals surface area (Å²) in [5, 5.41) is 1.38. The highest BCUT2D eigenvalue weighted by molar-refractivity contribution is 7.19. The van der Waals surface area contributed by atoms with Gasteiger partial charge in [-0.1, -0.05) is 11.6 Å². The summed E-state index contributed by atoms with van der Waals surface area (Å²) in [6.45, 7) is 10.9. The topological polar surface area (TPSA) is 117 Å². The van der Waals surface area contributed by atoms with Crippen LogP contribution < -0.4 is 10.6 Å². The highest BCUT2D eigenvalue weighted by Gasteiger charge is 2.34. The number of anilines is 1. The molecule has 10 nitrogen and oxygen atoms in total. The monoisotopic (exact) mass is 554 g/mol. The Hall–Kier alpha value is -2.83. The summed E-state index contributed by atoms with van der Waals surface area (Å²) in [6.07, 6.45) is 3.61. The van der Waals surface area contributed by atoms with Crippen LogP contribution in [0, 0.1) is 0 Å². The molecule has 0 bridgehead atoms. The Kier molecular flexibility index (Phi) is 6.73. The molecule has 0 unspecified atom stereocenters. The number of halogens is 1. The molecule has 0 spiro atoms. The van der Waals surface area contributed by atoms with E-state index < -0.39 is 5.54 Å². The van der Waals surface area contributed by atoms with Crippen molar-refractivity contribution in [3.8, 4) is 11.4 Å². The second-order valence-corrected chi connectivity index (χ2v) is 11.8. The van der Waals surface area contributed by atoms with Gasteiger partial charge in [0.05, 0.1) is 34.5 Å². The van der Waals surface area contributed by atoms with Crippen molar-refractivity contribution in [1.82, 2.24) is 29.7 Å². The number of hydrogen-bond acceptors (Lipinski definition) is 9. The van der Waals surface area contributed by atoms with Crippen LogP contribution in [0.5, 0.6) is 0 Å². The van der Waals surface area contributed by atoms with E-state index in [2.05, 4.69) is 30.7 Å². The Bertz CT molecular complexity index is 1490. The number of pyridine rings is 1. The third-order valence-corrected chi connectivity index (χ3v) is 9.04. The lowest BCUT2D eigenvalue weighted by Crippen LogP contribution is -2.59. The van der Waals surface area contributed by atoms with Crippen LogP contribution >= 0.6 is 22.9 Å². The summed E-state index contributed by atoms with van der Waals surface area (Å²) in [7, 11) is 0. The zero-order chi connectivity index (χ0) is 26.4. The van der Waals surface area contributed by atoms with Gasteiger partial charge in [0.15, 0.2) is 16.8 Å². The Labute approximate surface area is 229 Å². The van der Waals surface area contributed by atoms with Crippen molar-refractivity contribution in [3.05, 3.63) is 34.6 Å². The zero-order valence-electron chi connectivity index (χ0n) is 21.5. The predicted octanol–water partition coefficient (Wildman–Crippen LogP) is 3.11. The SMILES string of the molecule is CC(C)(C(N)=O)N1CCN(Cc2cc3nc(-c4cnc(Cl)c5[nH]ccc45)nc(N4CCOCC4)c3s2)CC1. The average Bonchev–Trinajstić information content (AvgIpc) is 3.57. The van der Waals surface area contributed by atoms with Crippen LogP contribution in [0.25, 0.3) is 32.5 Å². The van der Waals surface area contributed by atoms with Gasteiger partial charge in [-0.3, -0.25) is 14.6 Å². The number of carbonyl (C=O) groups excluding carboxylic acids is 1. The fourth-order valence-electron chi connectivity index (χ4n) is 5.19. The van der Waals surface area contributed by atoms with Crippen molar-refractivity contribution in [1.29, 1.82) is 0 Å². The molecule has 2 aliphatic heterocycles. The predicted molar refractivity (Wildman–Crippen MR) is 151 cm³/mol. The van der Waals surface area contributed by atoms with Crippen molar-refractivity contribution in [3.63, 3.8) is 0 Å². The van der Waals surface area contributed by atoms with E-state index in [-0.39, 0.29) is 5.91 Å². The van der Waals surface area contributed by atoms with Crippen molar-refractivity contribution >= 4 is 55.8 Å². The van der Waals surface area contributed by atoms with E-state index in [1.165, 1.54) is 4.88 Å². The molecule has 6 heterocycles. The van der Waals surface area contributed by atoms with Crippen LogP contribution in [0.1, 0.15) is 18.7 Å². The molecule has 12 heteroatoms. The summed E-state index contributed by atoms with van der Waals surface area (Å²) in [6, 6.07) is 4.17. The van der Waals surface area contributed by atoms with E-state index in [1.807, 2.05) is 26.1 Å². The van der Waals surface area contributed by atoms with E-state index in [0.717, 1.165) is 78.3 Å². The molecule has 0 aromatic carbocycles. The molecule has 3 N–H and O–H groups in total. The van der Waals surface area contributed by atoms with Gasteiger partial charge in [-0.05, 0) is 26.0 Å². The average molecular weight is 555 g/mol. The molecule has 6 rings (SSSR count). The fraction of sp³-hybridized carbons (Fsp3) is 0.462. The lowest BCUT2D eigenvalue weighted by Gasteiger charge is -2.42. The summed E-state index contributed by atoms with van der Waals surface area (Å²) >= 11 is 8.07. The smallest absolute Gasteiger partial charge is 0.237 e. The molecule has 4 aromatic rings. The Morgan fingerprint density at radius 1 is 1.18 bits per heavy atom. The van der Waals surface area contributed by atoms with Crippen LogP contribution in [0.3, 0.4) is 0 Å². The first-order valence-corrected chi connectivity index (χ1v) is 14.0. The van der Waals surface area contributed by atoms with Crippen LogP contribution in [0.2, 0.25) is 5.15 Å². The summed E-state index contributed by atoms with van der Waals surface area (Å²) in [4.78, 5) is 37.7. The maximum Gasteiger partial charge on any atom is 0.237 e. The molecule has 0 saturated carbocycles. The number of hydrogen-bond donors (Lipinski definition) is 2. The molecule has 4 aromatic heterocycles. The Morgan fingerprint density at radius 3 is 2.68 bits per heavy atom. The van der Waals surface area contributed by atoms with Crippen LogP contribution in [-0.4, -0.2) is 93.7 Å². The van der Waals surface area contributed by atoms with Gasteiger partial charge in [0, 0.05) is 74.0 Å². The number of nitrogens with two attached hydrogens (primary N) is 1. The maximum absolute atomic E-state index is 11.9. The number of amides is 1. The number of nitrogens with one attached hydrogen (secondary N) is 1. The standard InChI is InChI=1S/C26H31ClN8O2S/c1-26(2,25(28)36)35-7-5-33(6-8-35)15-16-13-19-21(38-16)24(34-9-11-37-12-10-34)32-23(31-19)18-14-30-22(27)20-17(18)3-4-29-20/h3-4,13-14,29H,5-12,15H2,1-2H3,(H2,28,36). The number of thiophene rings is 1. The molecule has 2 aliphatic rings. The third kappa shape index (κ3) is 4.62. The number of aromatic nitrogens is 4. The largest absolute Gasteiger partial charge is 0.378 e. The number of primary amides is 1. The second-order valence-electron chi connectivity index (χ2n) is 10.3. The van der Waals surface area contributed by atoms with Crippen molar-refractivity contribution in [2.45, 2.75) is 25.9 Å². The molecule has 1 amide bonds. The van der Waals surface area contributed by atoms with E-state index in [4.69, 9.17) is 32.0 Å². The first kappa shape index (κ1) is 25.4. The second kappa shape index (κ2) is 10.0. The number of carbonyl (C=O) groups is 1. The molecule has 2 saturated heterocycles. The highest BCUT2D eigenvalue weighted by atomic mass is 35.5. The molecule has 0 radical (unpaired) electrons. The van der Waals surface area contributed by atoms with Gasteiger partial charge >= 0.3 is 0 Å². The number of aromatic amines is 1. The van der Waals surface area contributed by atoms with E-state index in [9.17, 15) is 4.79 Å².